The molecule has 2 aromatic heterocycles. The molecule has 0 radical (unpaired) electrons. The monoisotopic (exact) mass is 423 g/mol. The van der Waals surface area contributed by atoms with Crippen molar-refractivity contribution in [2.75, 3.05) is 11.8 Å². The van der Waals surface area contributed by atoms with Gasteiger partial charge in [-0.1, -0.05) is 24.4 Å². The van der Waals surface area contributed by atoms with Crippen LogP contribution in [-0.2, 0) is 10.0 Å². The van der Waals surface area contributed by atoms with Crippen LogP contribution < -0.4 is 9.46 Å². The average molecular weight is 424 g/mol. The summed E-state index contributed by atoms with van der Waals surface area (Å²) in [6.07, 6.45) is 4.33. The van der Waals surface area contributed by atoms with Gasteiger partial charge in [0.15, 0.2) is 5.76 Å². The van der Waals surface area contributed by atoms with Crippen LogP contribution in [0.4, 0.5) is 5.69 Å². The summed E-state index contributed by atoms with van der Waals surface area (Å²) in [7, 11) is -2.47. The fourth-order valence-electron chi connectivity index (χ4n) is 3.19. The van der Waals surface area contributed by atoms with Crippen LogP contribution in [0.15, 0.2) is 44.3 Å². The van der Waals surface area contributed by atoms with Crippen molar-refractivity contribution < 1.29 is 22.0 Å². The summed E-state index contributed by atoms with van der Waals surface area (Å²) in [4.78, 5) is 0. The number of nitrogens with zero attached hydrogens (tertiary/aromatic N) is 2. The number of furan rings is 1. The SMILES string of the molecule is COc1ccc(NS(=O)(=O)c2ccc(-c3nnc(C4CCCC4)o3)o2)cc1Cl. The van der Waals surface area contributed by atoms with E-state index in [4.69, 9.17) is 25.2 Å². The van der Waals surface area contributed by atoms with Gasteiger partial charge in [0, 0.05) is 5.92 Å². The Balaban J connectivity index is 1.53. The minimum atomic E-state index is -3.95. The van der Waals surface area contributed by atoms with Gasteiger partial charge < -0.3 is 13.6 Å². The molecule has 2 heterocycles. The van der Waals surface area contributed by atoms with E-state index in [2.05, 4.69) is 14.9 Å². The molecule has 1 fully saturated rings. The summed E-state index contributed by atoms with van der Waals surface area (Å²) in [5, 5.41) is 8.07. The second kappa shape index (κ2) is 7.48. The number of methoxy groups -OCH3 is 1. The van der Waals surface area contributed by atoms with Crippen molar-refractivity contribution >= 4 is 27.3 Å². The molecule has 4 rings (SSSR count). The molecular formula is C18H18ClN3O5S. The molecule has 1 aromatic carbocycles. The second-order valence-corrected chi connectivity index (χ2v) is 8.52. The van der Waals surface area contributed by atoms with E-state index in [9.17, 15) is 8.42 Å². The Labute approximate surface area is 166 Å². The van der Waals surface area contributed by atoms with E-state index in [1.54, 1.807) is 6.07 Å². The van der Waals surface area contributed by atoms with E-state index >= 15 is 0 Å². The maximum Gasteiger partial charge on any atom is 0.295 e. The highest BCUT2D eigenvalue weighted by molar-refractivity contribution is 7.92. The summed E-state index contributed by atoms with van der Waals surface area (Å²) in [5.74, 6) is 1.64. The van der Waals surface area contributed by atoms with Crippen molar-refractivity contribution in [3.63, 3.8) is 0 Å². The van der Waals surface area contributed by atoms with Gasteiger partial charge in [0.1, 0.15) is 5.75 Å². The molecule has 0 aliphatic heterocycles. The average Bonchev–Trinajstić information content (AvgIpc) is 3.40. The molecule has 1 aliphatic carbocycles. The first-order valence-corrected chi connectivity index (χ1v) is 10.6. The quantitative estimate of drug-likeness (QED) is 0.623. The van der Waals surface area contributed by atoms with Crippen molar-refractivity contribution in [1.29, 1.82) is 0 Å². The van der Waals surface area contributed by atoms with Crippen LogP contribution in [0.25, 0.3) is 11.7 Å². The molecule has 28 heavy (non-hydrogen) atoms. The second-order valence-electron chi connectivity index (χ2n) is 6.50. The normalized spacial score (nSPS) is 15.1. The zero-order valence-corrected chi connectivity index (χ0v) is 16.6. The molecule has 10 heteroatoms. The summed E-state index contributed by atoms with van der Waals surface area (Å²) < 4.78 is 43.8. The minimum absolute atomic E-state index is 0.163. The van der Waals surface area contributed by atoms with E-state index in [1.165, 1.54) is 31.4 Å². The van der Waals surface area contributed by atoms with Crippen LogP contribution in [0, 0.1) is 0 Å². The first kappa shape index (κ1) is 18.8. The number of anilines is 1. The molecule has 0 saturated heterocycles. The number of ether oxygens (including phenoxy) is 1. The molecular weight excluding hydrogens is 406 g/mol. The zero-order valence-electron chi connectivity index (χ0n) is 15.0. The maximum atomic E-state index is 12.6. The first-order chi connectivity index (χ1) is 13.5. The third-order valence-electron chi connectivity index (χ3n) is 4.61. The smallest absolute Gasteiger partial charge is 0.295 e. The molecule has 1 aliphatic rings. The fraction of sp³-hybridized carbons (Fsp3) is 0.333. The molecule has 0 amide bonds. The maximum absolute atomic E-state index is 12.6. The minimum Gasteiger partial charge on any atom is -0.495 e. The standard InChI is InChI=1S/C18H18ClN3O5S/c1-25-14-7-6-12(10-13(14)19)22-28(23,24)16-9-8-15(26-16)18-21-20-17(27-18)11-4-2-3-5-11/h6-11,22H,2-5H2,1H3. The highest BCUT2D eigenvalue weighted by Crippen LogP contribution is 2.35. The van der Waals surface area contributed by atoms with Crippen LogP contribution in [-0.4, -0.2) is 25.7 Å². The van der Waals surface area contributed by atoms with Gasteiger partial charge in [-0.25, -0.2) is 0 Å². The van der Waals surface area contributed by atoms with Gasteiger partial charge in [0.05, 0.1) is 17.8 Å². The van der Waals surface area contributed by atoms with Crippen LogP contribution in [0.2, 0.25) is 5.02 Å². The molecule has 1 N–H and O–H groups in total. The van der Waals surface area contributed by atoms with Gasteiger partial charge in [-0.3, -0.25) is 4.72 Å². The van der Waals surface area contributed by atoms with Gasteiger partial charge in [0.25, 0.3) is 15.9 Å². The summed E-state index contributed by atoms with van der Waals surface area (Å²) in [6, 6.07) is 7.38. The Kier molecular flexibility index (Phi) is 5.03. The lowest BCUT2D eigenvalue weighted by Crippen LogP contribution is -2.12. The highest BCUT2D eigenvalue weighted by Gasteiger charge is 2.25. The molecule has 1 saturated carbocycles. The van der Waals surface area contributed by atoms with Crippen LogP contribution in [0.5, 0.6) is 5.75 Å². The summed E-state index contributed by atoms with van der Waals surface area (Å²) in [6.45, 7) is 0. The Morgan fingerprint density at radius 2 is 1.93 bits per heavy atom. The molecule has 8 nitrogen and oxygen atoms in total. The number of hydrogen-bond donors (Lipinski definition) is 1. The van der Waals surface area contributed by atoms with Crippen molar-refractivity contribution in [3.8, 4) is 17.4 Å². The molecule has 0 bridgehead atoms. The number of rotatable bonds is 6. The molecule has 3 aromatic rings. The lowest BCUT2D eigenvalue weighted by molar-refractivity contribution is 0.415. The Bertz CT molecular complexity index is 1090. The largest absolute Gasteiger partial charge is 0.495 e. The molecule has 0 atom stereocenters. The van der Waals surface area contributed by atoms with Crippen molar-refractivity contribution in [1.82, 2.24) is 10.2 Å². The van der Waals surface area contributed by atoms with E-state index in [-0.39, 0.29) is 33.4 Å². The van der Waals surface area contributed by atoms with Gasteiger partial charge >= 0.3 is 0 Å². The summed E-state index contributed by atoms with van der Waals surface area (Å²) in [5.41, 5.74) is 0.282. The Hall–Kier alpha value is -2.52. The Morgan fingerprint density at radius 3 is 2.64 bits per heavy atom. The number of sulfonamides is 1. The third-order valence-corrected chi connectivity index (χ3v) is 6.15. The lowest BCUT2D eigenvalue weighted by Gasteiger charge is -2.08. The predicted molar refractivity (Wildman–Crippen MR) is 102 cm³/mol. The van der Waals surface area contributed by atoms with Gasteiger partial charge in [-0.2, -0.15) is 8.42 Å². The fourth-order valence-corrected chi connectivity index (χ4v) is 4.43. The lowest BCUT2D eigenvalue weighted by atomic mass is 10.1. The third kappa shape index (κ3) is 3.72. The number of benzene rings is 1. The van der Waals surface area contributed by atoms with Crippen LogP contribution in [0.3, 0.4) is 0 Å². The topological polar surface area (TPSA) is 107 Å². The van der Waals surface area contributed by atoms with E-state index < -0.39 is 10.0 Å². The zero-order chi connectivity index (χ0) is 19.7. The predicted octanol–water partition coefficient (Wildman–Crippen LogP) is 4.45. The number of hydrogen-bond acceptors (Lipinski definition) is 7. The molecule has 0 spiro atoms. The number of aromatic nitrogens is 2. The Morgan fingerprint density at radius 1 is 1.14 bits per heavy atom. The van der Waals surface area contributed by atoms with Gasteiger partial charge in [-0.15, -0.1) is 10.2 Å². The van der Waals surface area contributed by atoms with Gasteiger partial charge in [-0.05, 0) is 43.2 Å². The van der Waals surface area contributed by atoms with Crippen molar-refractivity contribution in [2.45, 2.75) is 36.7 Å². The van der Waals surface area contributed by atoms with Crippen molar-refractivity contribution in [3.05, 3.63) is 41.2 Å². The first-order valence-electron chi connectivity index (χ1n) is 8.76. The molecule has 148 valence electrons. The molecule has 0 unspecified atom stereocenters. The van der Waals surface area contributed by atoms with Crippen LogP contribution in [0.1, 0.15) is 37.5 Å². The van der Waals surface area contributed by atoms with E-state index in [0.717, 1.165) is 25.7 Å². The van der Waals surface area contributed by atoms with Gasteiger partial charge in [0.2, 0.25) is 11.0 Å². The summed E-state index contributed by atoms with van der Waals surface area (Å²) >= 11 is 6.03. The van der Waals surface area contributed by atoms with Crippen LogP contribution >= 0.6 is 11.6 Å². The van der Waals surface area contributed by atoms with E-state index in [0.29, 0.717) is 11.6 Å². The number of nitrogens with one attached hydrogen (secondary N) is 1. The van der Waals surface area contributed by atoms with Crippen molar-refractivity contribution in [2.24, 2.45) is 0 Å². The van der Waals surface area contributed by atoms with E-state index in [1.807, 2.05) is 0 Å². The highest BCUT2D eigenvalue weighted by atomic mass is 35.5. The number of halogens is 1.